The molecule has 0 radical (unpaired) electrons. The van der Waals surface area contributed by atoms with E-state index >= 15 is 0 Å². The maximum absolute atomic E-state index is 13.1. The predicted molar refractivity (Wildman–Crippen MR) is 64.8 cm³/mol. The summed E-state index contributed by atoms with van der Waals surface area (Å²) in [7, 11) is 0. The van der Waals surface area contributed by atoms with Crippen LogP contribution in [-0.2, 0) is 11.2 Å². The molecule has 1 aromatic rings. The molecule has 1 fully saturated rings. The first kappa shape index (κ1) is 11.7. The van der Waals surface area contributed by atoms with Crippen molar-refractivity contribution in [2.75, 3.05) is 13.1 Å². The quantitative estimate of drug-likeness (QED) is 0.873. The fourth-order valence-corrected chi connectivity index (χ4v) is 3.21. The SMILES string of the molecule is O=C(O)C1CCN(C2CCc3cc(F)ccc32)C1. The van der Waals surface area contributed by atoms with Crippen LogP contribution >= 0.6 is 0 Å². The number of carboxylic acids is 1. The zero-order valence-corrected chi connectivity index (χ0v) is 10.1. The summed E-state index contributed by atoms with van der Waals surface area (Å²) >= 11 is 0. The lowest BCUT2D eigenvalue weighted by molar-refractivity contribution is -0.141. The fourth-order valence-electron chi connectivity index (χ4n) is 3.21. The summed E-state index contributed by atoms with van der Waals surface area (Å²) in [6.07, 6.45) is 2.60. The van der Waals surface area contributed by atoms with Crippen molar-refractivity contribution >= 4 is 5.97 Å². The lowest BCUT2D eigenvalue weighted by Gasteiger charge is -2.24. The molecule has 3 nitrogen and oxygen atoms in total. The van der Waals surface area contributed by atoms with Gasteiger partial charge in [0, 0.05) is 12.6 Å². The van der Waals surface area contributed by atoms with Crippen molar-refractivity contribution in [1.29, 1.82) is 0 Å². The van der Waals surface area contributed by atoms with Crippen LogP contribution in [0.1, 0.15) is 30.0 Å². The van der Waals surface area contributed by atoms with Crippen LogP contribution in [0.4, 0.5) is 4.39 Å². The van der Waals surface area contributed by atoms with E-state index in [2.05, 4.69) is 4.90 Å². The van der Waals surface area contributed by atoms with Crippen LogP contribution in [0.25, 0.3) is 0 Å². The van der Waals surface area contributed by atoms with Gasteiger partial charge in [-0.3, -0.25) is 9.69 Å². The molecule has 2 unspecified atom stereocenters. The van der Waals surface area contributed by atoms with Crippen LogP contribution in [-0.4, -0.2) is 29.1 Å². The van der Waals surface area contributed by atoms with Crippen molar-refractivity contribution in [1.82, 2.24) is 4.90 Å². The van der Waals surface area contributed by atoms with Gasteiger partial charge in [-0.2, -0.15) is 0 Å². The number of benzene rings is 1. The Hall–Kier alpha value is -1.42. The van der Waals surface area contributed by atoms with Gasteiger partial charge in [0.25, 0.3) is 0 Å². The van der Waals surface area contributed by atoms with E-state index in [1.807, 2.05) is 6.07 Å². The molecule has 0 saturated carbocycles. The van der Waals surface area contributed by atoms with Gasteiger partial charge in [-0.25, -0.2) is 4.39 Å². The van der Waals surface area contributed by atoms with E-state index in [4.69, 9.17) is 5.11 Å². The molecule has 0 amide bonds. The van der Waals surface area contributed by atoms with Crippen LogP contribution in [0, 0.1) is 11.7 Å². The number of nitrogens with zero attached hydrogens (tertiary/aromatic N) is 1. The zero-order chi connectivity index (χ0) is 12.7. The second kappa shape index (κ2) is 4.35. The number of hydrogen-bond acceptors (Lipinski definition) is 2. The van der Waals surface area contributed by atoms with Gasteiger partial charge in [-0.15, -0.1) is 0 Å². The molecule has 3 rings (SSSR count). The average Bonchev–Trinajstić information content (AvgIpc) is 2.92. The molecule has 1 N–H and O–H groups in total. The standard InChI is InChI=1S/C14H16FNO2/c15-11-2-3-12-9(7-11)1-4-13(12)16-6-5-10(8-16)14(17)18/h2-3,7,10,13H,1,4-6,8H2,(H,17,18). The van der Waals surface area contributed by atoms with Gasteiger partial charge in [-0.05, 0) is 49.1 Å². The van der Waals surface area contributed by atoms with Crippen LogP contribution in [0.3, 0.4) is 0 Å². The third-order valence-electron chi connectivity index (χ3n) is 4.16. The molecule has 1 heterocycles. The first-order chi connectivity index (χ1) is 8.65. The molecule has 0 aromatic heterocycles. The molecular formula is C14H16FNO2. The van der Waals surface area contributed by atoms with Crippen molar-refractivity contribution in [3.8, 4) is 0 Å². The second-order valence-electron chi connectivity index (χ2n) is 5.22. The number of aliphatic carboxylic acids is 1. The Labute approximate surface area is 105 Å². The molecule has 4 heteroatoms. The first-order valence-electron chi connectivity index (χ1n) is 6.40. The molecule has 1 aliphatic carbocycles. The Balaban J connectivity index is 1.79. The Morgan fingerprint density at radius 1 is 1.39 bits per heavy atom. The van der Waals surface area contributed by atoms with Gasteiger partial charge in [0.1, 0.15) is 5.82 Å². The highest BCUT2D eigenvalue weighted by Crippen LogP contribution is 2.38. The van der Waals surface area contributed by atoms with Crippen molar-refractivity contribution in [3.05, 3.63) is 35.1 Å². The number of carboxylic acid groups (broad SMARTS) is 1. The minimum atomic E-state index is -0.699. The Morgan fingerprint density at radius 3 is 2.94 bits per heavy atom. The highest BCUT2D eigenvalue weighted by Gasteiger charge is 2.35. The van der Waals surface area contributed by atoms with E-state index in [1.54, 1.807) is 6.07 Å². The lowest BCUT2D eigenvalue weighted by atomic mass is 10.1. The van der Waals surface area contributed by atoms with Crippen LogP contribution in [0.15, 0.2) is 18.2 Å². The van der Waals surface area contributed by atoms with E-state index in [9.17, 15) is 9.18 Å². The van der Waals surface area contributed by atoms with E-state index in [1.165, 1.54) is 11.6 Å². The van der Waals surface area contributed by atoms with Crippen LogP contribution in [0.5, 0.6) is 0 Å². The molecule has 0 spiro atoms. The first-order valence-corrected chi connectivity index (χ1v) is 6.40. The van der Waals surface area contributed by atoms with Gasteiger partial charge >= 0.3 is 5.97 Å². The third-order valence-corrected chi connectivity index (χ3v) is 4.16. The normalized spacial score (nSPS) is 27.4. The number of aryl methyl sites for hydroxylation is 1. The molecule has 1 aromatic carbocycles. The number of hydrogen-bond donors (Lipinski definition) is 1. The summed E-state index contributed by atoms with van der Waals surface area (Å²) in [5.41, 5.74) is 2.27. The number of carbonyl (C=O) groups is 1. The van der Waals surface area contributed by atoms with Gasteiger partial charge < -0.3 is 5.11 Å². The van der Waals surface area contributed by atoms with E-state index < -0.39 is 5.97 Å². The third kappa shape index (κ3) is 1.90. The maximum Gasteiger partial charge on any atom is 0.307 e. The molecule has 1 aliphatic heterocycles. The van der Waals surface area contributed by atoms with Crippen molar-refractivity contribution in [2.45, 2.75) is 25.3 Å². The average molecular weight is 249 g/mol. The molecule has 2 atom stereocenters. The predicted octanol–water partition coefficient (Wildman–Crippen LogP) is 2.22. The summed E-state index contributed by atoms with van der Waals surface area (Å²) in [6.45, 7) is 1.45. The Kier molecular flexibility index (Phi) is 2.82. The van der Waals surface area contributed by atoms with Gasteiger partial charge in [-0.1, -0.05) is 6.07 Å². The topological polar surface area (TPSA) is 40.5 Å². The maximum atomic E-state index is 13.1. The van der Waals surface area contributed by atoms with Crippen molar-refractivity contribution < 1.29 is 14.3 Å². The lowest BCUT2D eigenvalue weighted by Crippen LogP contribution is -2.26. The van der Waals surface area contributed by atoms with Crippen molar-refractivity contribution in [2.24, 2.45) is 5.92 Å². The minimum Gasteiger partial charge on any atom is -0.481 e. The zero-order valence-electron chi connectivity index (χ0n) is 10.1. The Bertz CT molecular complexity index is 489. The summed E-state index contributed by atoms with van der Waals surface area (Å²) in [5.74, 6) is -1.12. The van der Waals surface area contributed by atoms with Crippen molar-refractivity contribution in [3.63, 3.8) is 0 Å². The van der Waals surface area contributed by atoms with Gasteiger partial charge in [0.15, 0.2) is 0 Å². The number of likely N-dealkylation sites (tertiary alicyclic amines) is 1. The Morgan fingerprint density at radius 2 is 2.22 bits per heavy atom. The molecule has 2 aliphatic rings. The monoisotopic (exact) mass is 249 g/mol. The summed E-state index contributed by atoms with van der Waals surface area (Å²) in [5, 5.41) is 9.03. The smallest absolute Gasteiger partial charge is 0.307 e. The molecular weight excluding hydrogens is 233 g/mol. The highest BCUT2D eigenvalue weighted by atomic mass is 19.1. The number of halogens is 1. The van der Waals surface area contributed by atoms with Crippen LogP contribution in [0.2, 0.25) is 0 Å². The molecule has 96 valence electrons. The summed E-state index contributed by atoms with van der Waals surface area (Å²) in [4.78, 5) is 13.2. The second-order valence-corrected chi connectivity index (χ2v) is 5.22. The largest absolute Gasteiger partial charge is 0.481 e. The molecule has 0 bridgehead atoms. The number of rotatable bonds is 2. The molecule has 18 heavy (non-hydrogen) atoms. The fraction of sp³-hybridized carbons (Fsp3) is 0.500. The van der Waals surface area contributed by atoms with E-state index in [0.717, 1.165) is 31.4 Å². The van der Waals surface area contributed by atoms with Gasteiger partial charge in [0.2, 0.25) is 0 Å². The highest BCUT2D eigenvalue weighted by molar-refractivity contribution is 5.70. The van der Waals surface area contributed by atoms with E-state index in [-0.39, 0.29) is 17.8 Å². The minimum absolute atomic E-state index is 0.181. The van der Waals surface area contributed by atoms with Gasteiger partial charge in [0.05, 0.1) is 5.92 Å². The molecule has 1 saturated heterocycles. The summed E-state index contributed by atoms with van der Waals surface area (Å²) < 4.78 is 13.1. The van der Waals surface area contributed by atoms with Crippen LogP contribution < -0.4 is 0 Å². The van der Waals surface area contributed by atoms with E-state index in [0.29, 0.717) is 6.54 Å². The number of fused-ring (bicyclic) bond motifs is 1. The summed E-state index contributed by atoms with van der Waals surface area (Å²) in [6, 6.07) is 5.25.